The van der Waals surface area contributed by atoms with E-state index < -0.39 is 5.60 Å². The van der Waals surface area contributed by atoms with Crippen LogP contribution >= 0.6 is 15.9 Å². The van der Waals surface area contributed by atoms with Gasteiger partial charge in [-0.05, 0) is 281 Å². The van der Waals surface area contributed by atoms with Crippen LogP contribution in [0, 0.1) is 0 Å². The van der Waals surface area contributed by atoms with Crippen molar-refractivity contribution >= 4 is 61.4 Å². The Hall–Kier alpha value is -6.78. The molecule has 5 aliphatic heterocycles. The molecule has 9 aromatic carbocycles. The van der Waals surface area contributed by atoms with Crippen molar-refractivity contribution < 1.29 is 82.0 Å². The van der Waals surface area contributed by atoms with E-state index in [-0.39, 0.29) is 68.4 Å². The Kier molecular flexibility index (Phi) is 37.3. The molecular formula is C93H116BrN4NaO11. The number of nitrogen functional groups attached to an aromatic ring is 2. The van der Waals surface area contributed by atoms with Crippen LogP contribution in [-0.2, 0) is 106 Å². The first-order valence-electron chi connectivity index (χ1n) is 39.2. The van der Waals surface area contributed by atoms with Crippen molar-refractivity contribution in [3.8, 4) is 0 Å². The molecule has 0 bridgehead atoms. The molecule has 5 saturated heterocycles. The summed E-state index contributed by atoms with van der Waals surface area (Å²) in [5.74, 6) is 0. The van der Waals surface area contributed by atoms with Gasteiger partial charge in [0.15, 0.2) is 31.5 Å². The summed E-state index contributed by atoms with van der Waals surface area (Å²) >= 11 is 3.41. The quantitative estimate of drug-likeness (QED) is 0.0367. The van der Waals surface area contributed by atoms with Crippen molar-refractivity contribution in [1.82, 2.24) is 0 Å². The zero-order valence-corrected chi connectivity index (χ0v) is 68.2. The van der Waals surface area contributed by atoms with Gasteiger partial charge >= 0.3 is 29.6 Å². The Morgan fingerprint density at radius 2 is 0.482 bits per heavy atom. The average molecular weight is 1570 g/mol. The van der Waals surface area contributed by atoms with E-state index in [0.717, 1.165) is 221 Å². The van der Waals surface area contributed by atoms with Crippen LogP contribution in [-0.4, -0.2) is 70.1 Å². The molecule has 0 aliphatic carbocycles. The number of hydrogen-bond acceptors (Lipinski definition) is 15. The van der Waals surface area contributed by atoms with Crippen molar-refractivity contribution in [2.75, 3.05) is 54.3 Å². The molecule has 5 heterocycles. The number of nitrogens with two attached hydrogens (primary N) is 2. The van der Waals surface area contributed by atoms with E-state index in [4.69, 9.17) is 58.8 Å². The summed E-state index contributed by atoms with van der Waals surface area (Å²) in [5.41, 5.74) is 29.6. The first kappa shape index (κ1) is 87.2. The molecule has 9 aromatic rings. The van der Waals surface area contributed by atoms with Crippen molar-refractivity contribution in [1.29, 1.82) is 0 Å². The molecule has 0 amide bonds. The minimum Gasteiger partial charge on any atom is -0.850 e. The topological polar surface area (TPSA) is 174 Å². The van der Waals surface area contributed by atoms with Crippen molar-refractivity contribution in [3.63, 3.8) is 0 Å². The predicted molar refractivity (Wildman–Crippen MR) is 441 cm³/mol. The SMILES string of the molecule is Brc1ccc(COC2CCCCO2)cc1.C.CC(C)(C)[O-].Nc1ccc(CCc2ccc(N)cc2)cc1.[Na+].c1cc(N(c2ccc(COC3CCCCO3)cc2)c2ccc(COC3CCCCO3)cc2)ccc1CCc1ccc(N(c2ccc(COC3CCCCO3)cc2)c2ccc(COC3CCCCO3)cc2)cc1. The number of anilines is 8. The summed E-state index contributed by atoms with van der Waals surface area (Å²) in [7, 11) is 0. The number of rotatable bonds is 27. The molecule has 4 N–H and O–H groups in total. The molecule has 5 fully saturated rings. The molecule has 15 nitrogen and oxygen atoms in total. The van der Waals surface area contributed by atoms with Crippen molar-refractivity contribution in [2.45, 2.75) is 220 Å². The maximum absolute atomic E-state index is 10.1. The summed E-state index contributed by atoms with van der Waals surface area (Å²) in [4.78, 5) is 4.64. The molecule has 5 aliphatic rings. The van der Waals surface area contributed by atoms with Gasteiger partial charge in [0.1, 0.15) is 0 Å². The average Bonchev–Trinajstić information content (AvgIpc) is 0.808. The fourth-order valence-corrected chi connectivity index (χ4v) is 13.4. The summed E-state index contributed by atoms with van der Waals surface area (Å²) < 4.78 is 60.0. The van der Waals surface area contributed by atoms with Gasteiger partial charge in [0.25, 0.3) is 0 Å². The van der Waals surface area contributed by atoms with E-state index in [1.807, 2.05) is 36.4 Å². The second-order valence-electron chi connectivity index (χ2n) is 29.4. The molecule has 0 aromatic heterocycles. The number of aryl methyl sites for hydroxylation is 4. The standard InChI is InChI=1S/C62H72N2O8.C14H16N2.C12H15BrO2.C4H9O.CH4.Na/c1-5-39-65-59(9-1)69-43-49-19-31-55(32-20-49)63(56-33-21-50(22-34-56)44-70-60-10-2-6-40-66-60)53-27-15-47(16-28-53)13-14-48-17-29-54(30-18-48)64(57-35-23-51(24-36-57)45-71-61-11-3-7-41-67-61)58-37-25-52(26-38-58)46-72-62-12-4-8-42-68-62;15-13-7-3-11(4-8-13)1-2-12-5-9-14(16)10-6-12;13-11-6-4-10(5-7-11)9-15-12-3-1-2-8-14-12;1-4(2,3)5;;/h15-38,59-62H,1-14,39-46H2;3-10H,1-2,15-16H2;4-7,12H,1-3,8-9H2;1-3H3;1H4;/q;;;-1;;+1. The van der Waals surface area contributed by atoms with Gasteiger partial charge in [-0.2, -0.15) is 0 Å². The van der Waals surface area contributed by atoms with Gasteiger partial charge in [-0.15, -0.1) is 5.60 Å². The fourth-order valence-electron chi connectivity index (χ4n) is 13.2. The van der Waals surface area contributed by atoms with E-state index in [9.17, 15) is 5.11 Å². The Morgan fingerprint density at radius 3 is 0.664 bits per heavy atom. The summed E-state index contributed by atoms with van der Waals surface area (Å²) in [6, 6.07) is 77.1. The number of halogens is 1. The van der Waals surface area contributed by atoms with Gasteiger partial charge in [0.2, 0.25) is 0 Å². The van der Waals surface area contributed by atoms with Gasteiger partial charge in [-0.1, -0.05) is 153 Å². The minimum atomic E-state index is -0.750. The van der Waals surface area contributed by atoms with E-state index in [1.165, 1.54) is 34.2 Å². The summed E-state index contributed by atoms with van der Waals surface area (Å²) in [6.45, 7) is 11.6. The molecule has 0 radical (unpaired) electrons. The maximum Gasteiger partial charge on any atom is 1.00 e. The molecular weight excluding hydrogens is 1450 g/mol. The smallest absolute Gasteiger partial charge is 0.850 e. The molecule has 5 atom stereocenters. The molecule has 110 heavy (non-hydrogen) atoms. The third-order valence-electron chi connectivity index (χ3n) is 19.3. The van der Waals surface area contributed by atoms with Gasteiger partial charge in [-0.3, -0.25) is 0 Å². The van der Waals surface area contributed by atoms with E-state index in [2.05, 4.69) is 208 Å². The third kappa shape index (κ3) is 30.6. The fraction of sp³-hybridized carbons (Fsp3) is 0.419. The van der Waals surface area contributed by atoms with Crippen LogP contribution < -0.4 is 55.9 Å². The Bertz CT molecular complexity index is 3600. The normalized spacial score (nSPS) is 18.4. The third-order valence-corrected chi connectivity index (χ3v) is 19.8. The second kappa shape index (κ2) is 47.0. The first-order valence-corrected chi connectivity index (χ1v) is 40.0. The number of hydrogen-bond donors (Lipinski definition) is 2. The van der Waals surface area contributed by atoms with Crippen LogP contribution in [0.1, 0.15) is 175 Å². The van der Waals surface area contributed by atoms with E-state index >= 15 is 0 Å². The second-order valence-corrected chi connectivity index (χ2v) is 30.3. The summed E-state index contributed by atoms with van der Waals surface area (Å²) in [6.07, 6.45) is 19.7. The Morgan fingerprint density at radius 1 is 0.309 bits per heavy atom. The zero-order valence-electron chi connectivity index (χ0n) is 64.6. The zero-order chi connectivity index (χ0) is 75.0. The monoisotopic (exact) mass is 1570 g/mol. The van der Waals surface area contributed by atoms with Crippen LogP contribution in [0.5, 0.6) is 0 Å². The van der Waals surface area contributed by atoms with Crippen LogP contribution in [0.4, 0.5) is 45.5 Å². The van der Waals surface area contributed by atoms with Crippen LogP contribution in [0.15, 0.2) is 223 Å². The molecule has 582 valence electrons. The molecule has 5 unspecified atom stereocenters. The van der Waals surface area contributed by atoms with Crippen molar-refractivity contribution in [2.24, 2.45) is 0 Å². The van der Waals surface area contributed by atoms with Crippen LogP contribution in [0.3, 0.4) is 0 Å². The number of benzene rings is 9. The van der Waals surface area contributed by atoms with Crippen LogP contribution in [0.2, 0.25) is 0 Å². The predicted octanol–water partition coefficient (Wildman–Crippen LogP) is 18.5. The van der Waals surface area contributed by atoms with Gasteiger partial charge in [0, 0.05) is 83.0 Å². The Balaban J connectivity index is 0.000000297. The molecule has 0 spiro atoms. The van der Waals surface area contributed by atoms with Crippen LogP contribution in [0.25, 0.3) is 0 Å². The van der Waals surface area contributed by atoms with E-state index in [1.54, 1.807) is 20.8 Å². The van der Waals surface area contributed by atoms with Gasteiger partial charge < -0.3 is 73.7 Å². The minimum absolute atomic E-state index is 0. The summed E-state index contributed by atoms with van der Waals surface area (Å²) in [5, 5.41) is 10.1. The number of nitrogens with zero attached hydrogens (tertiary/aromatic N) is 2. The Labute approximate surface area is 686 Å². The molecule has 17 heteroatoms. The molecule has 14 rings (SSSR count). The van der Waals surface area contributed by atoms with Crippen molar-refractivity contribution in [3.05, 3.63) is 273 Å². The van der Waals surface area contributed by atoms with Gasteiger partial charge in [0.05, 0.1) is 33.0 Å². The first-order chi connectivity index (χ1) is 52.7. The number of ether oxygens (including phenoxy) is 10. The molecule has 0 saturated carbocycles. The largest absolute Gasteiger partial charge is 1.00 e. The maximum atomic E-state index is 10.1. The van der Waals surface area contributed by atoms with Gasteiger partial charge in [-0.25, -0.2) is 0 Å². The van der Waals surface area contributed by atoms with E-state index in [0.29, 0.717) is 33.0 Å².